The first kappa shape index (κ1) is 26.7. The van der Waals surface area contributed by atoms with Crippen LogP contribution in [0.15, 0.2) is 21.9 Å². The average Bonchev–Trinajstić information content (AvgIpc) is 2.71. The summed E-state index contributed by atoms with van der Waals surface area (Å²) < 4.78 is 32.0. The first-order chi connectivity index (χ1) is 14.2. The number of thioether (sulfide) groups is 1. The van der Waals surface area contributed by atoms with Gasteiger partial charge in [-0.15, -0.1) is 11.8 Å². The number of hydrogen-bond acceptors (Lipinski definition) is 5. The van der Waals surface area contributed by atoms with Gasteiger partial charge in [-0.2, -0.15) is 4.33 Å². The van der Waals surface area contributed by atoms with Crippen LogP contribution in [0.25, 0.3) is 0 Å². The Hall–Kier alpha value is -0.340. The molecule has 0 radical (unpaired) electrons. The molecule has 0 aliphatic carbocycles. The molecule has 0 saturated carbocycles. The molecule has 0 amide bonds. The van der Waals surface area contributed by atoms with Crippen LogP contribution in [0, 0.1) is 11.6 Å². The fourth-order valence-electron chi connectivity index (χ4n) is 3.25. The molecule has 0 aliphatic rings. The van der Waals surface area contributed by atoms with Gasteiger partial charge in [-0.05, 0) is 24.3 Å². The maximum absolute atomic E-state index is 14.0. The summed E-state index contributed by atoms with van der Waals surface area (Å²) in [6.45, 7) is 2.25. The number of unbranched alkanes of at least 4 members (excludes halogenated alkanes) is 13. The molecule has 3 nitrogen and oxygen atoms in total. The molecule has 7 heteroatoms. The molecule has 0 N–H and O–H groups in total. The number of hydrogen-bond donors (Lipinski definition) is 0. The van der Waals surface area contributed by atoms with Gasteiger partial charge in [0.05, 0.1) is 16.9 Å². The van der Waals surface area contributed by atoms with Crippen LogP contribution in [0.3, 0.4) is 0 Å². The third-order valence-corrected chi connectivity index (χ3v) is 6.60. The fourth-order valence-corrected chi connectivity index (χ4v) is 4.60. The van der Waals surface area contributed by atoms with E-state index in [-0.39, 0.29) is 9.79 Å². The summed E-state index contributed by atoms with van der Waals surface area (Å²) in [7, 11) is 0. The third-order valence-electron chi connectivity index (χ3n) is 4.87. The van der Waals surface area contributed by atoms with Crippen LogP contribution in [0.2, 0.25) is 0 Å². The molecule has 1 aromatic rings. The molecule has 0 spiro atoms. The van der Waals surface area contributed by atoms with Crippen molar-refractivity contribution < 1.29 is 23.4 Å². The van der Waals surface area contributed by atoms with Crippen molar-refractivity contribution in [3.8, 4) is 0 Å². The number of benzene rings is 1. The van der Waals surface area contributed by atoms with E-state index in [2.05, 4.69) is 16.3 Å². The van der Waals surface area contributed by atoms with Crippen LogP contribution in [-0.2, 0) is 9.37 Å². The summed E-state index contributed by atoms with van der Waals surface area (Å²) in [4.78, 5) is 0.170. The van der Waals surface area contributed by atoms with E-state index in [1.54, 1.807) is 0 Å². The maximum Gasteiger partial charge on any atom is 0.140 e. The largest absolute Gasteiger partial charge is 0.691 e. The van der Waals surface area contributed by atoms with E-state index in [4.69, 9.17) is 0 Å². The smallest absolute Gasteiger partial charge is 0.140 e. The minimum Gasteiger partial charge on any atom is -0.691 e. The number of halogens is 2. The fraction of sp³-hybridized carbons (Fsp3) is 0.727. The Balaban J connectivity index is 1.98. The lowest BCUT2D eigenvalue weighted by atomic mass is 10.0. The highest BCUT2D eigenvalue weighted by Crippen LogP contribution is 2.31. The highest BCUT2D eigenvalue weighted by atomic mass is 32.2. The standard InChI is InChI=1S/C22H36F2O3S2/c1-2-3-4-5-6-7-8-9-10-11-12-13-14-15-16-28-22-20(23)17-19(18-21(22)24)29-27-26-25/h17-18,25H,2-16H2,1H3/p-1. The summed E-state index contributed by atoms with van der Waals surface area (Å²) in [5.41, 5.74) is 0. The molecule has 168 valence electrons. The van der Waals surface area contributed by atoms with Crippen molar-refractivity contribution in [2.45, 2.75) is 107 Å². The normalized spacial score (nSPS) is 11.3. The van der Waals surface area contributed by atoms with Gasteiger partial charge < -0.3 is 5.26 Å². The van der Waals surface area contributed by atoms with Gasteiger partial charge in [-0.25, -0.2) is 8.78 Å². The van der Waals surface area contributed by atoms with Gasteiger partial charge in [0.25, 0.3) is 0 Å². The minimum atomic E-state index is -0.641. The molecule has 1 aromatic carbocycles. The van der Waals surface area contributed by atoms with Crippen LogP contribution < -0.4 is 5.26 Å². The molecular weight excluding hydrogens is 414 g/mol. The van der Waals surface area contributed by atoms with Crippen LogP contribution in [0.1, 0.15) is 96.8 Å². The zero-order valence-corrected chi connectivity index (χ0v) is 19.2. The first-order valence-corrected chi connectivity index (χ1v) is 12.7. The van der Waals surface area contributed by atoms with Crippen molar-refractivity contribution in [1.82, 2.24) is 0 Å². The van der Waals surface area contributed by atoms with Gasteiger partial charge in [-0.1, -0.05) is 90.4 Å². The van der Waals surface area contributed by atoms with Gasteiger partial charge in [0.15, 0.2) is 0 Å². The summed E-state index contributed by atoms with van der Waals surface area (Å²) in [5, 5.41) is 13.0. The monoisotopic (exact) mass is 449 g/mol. The topological polar surface area (TPSA) is 41.5 Å². The van der Waals surface area contributed by atoms with E-state index in [9.17, 15) is 14.0 Å². The van der Waals surface area contributed by atoms with E-state index >= 15 is 0 Å². The lowest BCUT2D eigenvalue weighted by Crippen LogP contribution is -2.01. The van der Waals surface area contributed by atoms with Gasteiger partial charge in [0, 0.05) is 4.90 Å². The van der Waals surface area contributed by atoms with Gasteiger partial charge in [0.1, 0.15) is 11.6 Å². The summed E-state index contributed by atoms with van der Waals surface area (Å²) in [6, 6.07) is 2.28. The minimum absolute atomic E-state index is 0.0204. The van der Waals surface area contributed by atoms with Crippen LogP contribution in [-0.4, -0.2) is 5.75 Å². The van der Waals surface area contributed by atoms with E-state index in [0.29, 0.717) is 17.8 Å². The SMILES string of the molecule is CCCCCCCCCCCCCCCCSc1c(F)cc(SOO[O-])cc1F. The molecular formula is C22H35F2O3S2-. The Morgan fingerprint density at radius 2 is 1.21 bits per heavy atom. The second-order valence-electron chi connectivity index (χ2n) is 7.38. The van der Waals surface area contributed by atoms with E-state index < -0.39 is 11.6 Å². The zero-order chi connectivity index (χ0) is 21.2. The summed E-state index contributed by atoms with van der Waals surface area (Å²) in [6.07, 6.45) is 18.1. The molecule has 1 rings (SSSR count). The summed E-state index contributed by atoms with van der Waals surface area (Å²) in [5.74, 6) is -0.590. The molecule has 0 fully saturated rings. The second kappa shape index (κ2) is 18.4. The van der Waals surface area contributed by atoms with Crippen LogP contribution in [0.4, 0.5) is 8.78 Å². The predicted octanol–water partition coefficient (Wildman–Crippen LogP) is 7.77. The highest BCUT2D eigenvalue weighted by Gasteiger charge is 2.12. The first-order valence-electron chi connectivity index (χ1n) is 10.9. The molecule has 0 bridgehead atoms. The molecule has 0 heterocycles. The van der Waals surface area contributed by atoms with Crippen molar-refractivity contribution >= 4 is 23.8 Å². The zero-order valence-electron chi connectivity index (χ0n) is 17.6. The van der Waals surface area contributed by atoms with Crippen molar-refractivity contribution in [2.24, 2.45) is 0 Å². The number of rotatable bonds is 19. The summed E-state index contributed by atoms with van der Waals surface area (Å²) >= 11 is 1.68. The van der Waals surface area contributed by atoms with Gasteiger partial charge >= 0.3 is 0 Å². The third kappa shape index (κ3) is 13.6. The Bertz CT molecular complexity index is 510. The molecule has 0 aliphatic heterocycles. The Kier molecular flexibility index (Phi) is 17.0. The molecule has 29 heavy (non-hydrogen) atoms. The maximum atomic E-state index is 14.0. The van der Waals surface area contributed by atoms with E-state index in [0.717, 1.165) is 25.0 Å². The Morgan fingerprint density at radius 3 is 1.66 bits per heavy atom. The van der Waals surface area contributed by atoms with E-state index in [1.165, 1.54) is 88.8 Å². The Morgan fingerprint density at radius 1 is 0.759 bits per heavy atom. The predicted molar refractivity (Wildman–Crippen MR) is 115 cm³/mol. The van der Waals surface area contributed by atoms with Crippen LogP contribution in [0.5, 0.6) is 0 Å². The molecule has 0 atom stereocenters. The quantitative estimate of drug-likeness (QED) is 0.0709. The van der Waals surface area contributed by atoms with Gasteiger partial charge in [0.2, 0.25) is 0 Å². The Labute approximate surface area is 183 Å². The molecule has 0 unspecified atom stereocenters. The van der Waals surface area contributed by atoms with Crippen molar-refractivity contribution in [1.29, 1.82) is 0 Å². The van der Waals surface area contributed by atoms with Crippen molar-refractivity contribution in [3.05, 3.63) is 23.8 Å². The molecule has 0 saturated heterocycles. The van der Waals surface area contributed by atoms with E-state index in [1.807, 2.05) is 0 Å². The second-order valence-corrected chi connectivity index (χ2v) is 9.26. The van der Waals surface area contributed by atoms with Gasteiger partial charge in [-0.3, -0.25) is 5.04 Å². The highest BCUT2D eigenvalue weighted by molar-refractivity contribution is 7.99. The van der Waals surface area contributed by atoms with Crippen LogP contribution >= 0.6 is 23.8 Å². The molecule has 0 aromatic heterocycles. The lowest BCUT2D eigenvalue weighted by molar-refractivity contribution is -0.777. The average molecular weight is 450 g/mol. The van der Waals surface area contributed by atoms with Crippen molar-refractivity contribution in [3.63, 3.8) is 0 Å². The van der Waals surface area contributed by atoms with Crippen molar-refractivity contribution in [2.75, 3.05) is 5.75 Å². The lowest BCUT2D eigenvalue weighted by Gasteiger charge is -2.08.